The van der Waals surface area contributed by atoms with Crippen molar-refractivity contribution in [1.82, 2.24) is 5.32 Å². The highest BCUT2D eigenvalue weighted by atomic mass is 19.4. The van der Waals surface area contributed by atoms with E-state index in [1.807, 2.05) is 0 Å². The average Bonchev–Trinajstić information content (AvgIpc) is 2.47. The molecule has 0 amide bonds. The molecule has 1 aromatic rings. The maximum atomic E-state index is 12.6. The minimum absolute atomic E-state index is 0.302. The second-order valence-corrected chi connectivity index (χ2v) is 5.51. The second kappa shape index (κ2) is 7.27. The van der Waals surface area contributed by atoms with Gasteiger partial charge in [-0.3, -0.25) is 0 Å². The Kier molecular flexibility index (Phi) is 5.65. The molecular weight excluding hydrogens is 279 g/mol. The lowest BCUT2D eigenvalue weighted by molar-refractivity contribution is -0.137. The Labute approximate surface area is 123 Å². The molecule has 1 saturated heterocycles. The van der Waals surface area contributed by atoms with Gasteiger partial charge >= 0.3 is 6.18 Å². The molecule has 1 heterocycles. The molecule has 0 aliphatic carbocycles. The molecule has 2 nitrogen and oxygen atoms in total. The fraction of sp³-hybridized carbons (Fsp3) is 0.625. The van der Waals surface area contributed by atoms with Crippen LogP contribution in [0.25, 0.3) is 0 Å². The van der Waals surface area contributed by atoms with E-state index < -0.39 is 11.7 Å². The van der Waals surface area contributed by atoms with E-state index in [-0.39, 0.29) is 0 Å². The molecule has 1 aliphatic rings. The van der Waals surface area contributed by atoms with Crippen molar-refractivity contribution in [3.8, 4) is 0 Å². The first kappa shape index (κ1) is 16.3. The lowest BCUT2D eigenvalue weighted by Crippen LogP contribution is -2.40. The summed E-state index contributed by atoms with van der Waals surface area (Å²) in [4.78, 5) is 0. The lowest BCUT2D eigenvalue weighted by Gasteiger charge is -2.31. The van der Waals surface area contributed by atoms with Gasteiger partial charge in [-0.1, -0.05) is 19.1 Å². The zero-order valence-corrected chi connectivity index (χ0v) is 12.2. The minimum Gasteiger partial charge on any atom is -0.381 e. The van der Waals surface area contributed by atoms with E-state index in [1.54, 1.807) is 12.1 Å². The Morgan fingerprint density at radius 2 is 1.81 bits per heavy atom. The van der Waals surface area contributed by atoms with Crippen molar-refractivity contribution >= 4 is 0 Å². The highest BCUT2D eigenvalue weighted by Gasteiger charge is 2.30. The van der Waals surface area contributed by atoms with Crippen molar-refractivity contribution in [2.75, 3.05) is 19.8 Å². The van der Waals surface area contributed by atoms with Gasteiger partial charge in [-0.05, 0) is 49.4 Å². The summed E-state index contributed by atoms with van der Waals surface area (Å²) >= 11 is 0. The summed E-state index contributed by atoms with van der Waals surface area (Å²) in [5, 5.41) is 3.47. The van der Waals surface area contributed by atoms with Gasteiger partial charge in [0.05, 0.1) is 5.56 Å². The highest BCUT2D eigenvalue weighted by molar-refractivity contribution is 5.25. The number of rotatable bonds is 5. The number of ether oxygens (including phenoxy) is 1. The molecule has 0 radical (unpaired) electrons. The van der Waals surface area contributed by atoms with Gasteiger partial charge in [0.15, 0.2) is 0 Å². The molecule has 0 saturated carbocycles. The number of likely N-dealkylation sites (N-methyl/N-ethyl adjacent to an activating group) is 1. The van der Waals surface area contributed by atoms with Crippen LogP contribution in [0.3, 0.4) is 0 Å². The van der Waals surface area contributed by atoms with Gasteiger partial charge < -0.3 is 10.1 Å². The Morgan fingerprint density at radius 1 is 1.19 bits per heavy atom. The Bertz CT molecular complexity index is 424. The van der Waals surface area contributed by atoms with Crippen LogP contribution in [-0.4, -0.2) is 25.8 Å². The molecule has 0 aromatic heterocycles. The smallest absolute Gasteiger partial charge is 0.381 e. The third kappa shape index (κ3) is 4.71. The van der Waals surface area contributed by atoms with Gasteiger partial charge in [-0.2, -0.15) is 13.2 Å². The molecule has 0 spiro atoms. The van der Waals surface area contributed by atoms with Gasteiger partial charge in [-0.15, -0.1) is 0 Å². The van der Waals surface area contributed by atoms with Gasteiger partial charge in [0.1, 0.15) is 0 Å². The SMILES string of the molecule is CCNC(Cc1ccc(C(F)(F)F)cc1)C1CCOCC1. The molecule has 1 unspecified atom stereocenters. The summed E-state index contributed by atoms with van der Waals surface area (Å²) in [6.07, 6.45) is -1.48. The first-order valence-corrected chi connectivity index (χ1v) is 7.48. The number of alkyl halides is 3. The Hall–Kier alpha value is -1.07. The third-order valence-corrected chi connectivity index (χ3v) is 4.04. The summed E-state index contributed by atoms with van der Waals surface area (Å²) in [5.74, 6) is 0.529. The van der Waals surface area contributed by atoms with Crippen molar-refractivity contribution in [3.63, 3.8) is 0 Å². The molecule has 5 heteroatoms. The molecule has 1 aromatic carbocycles. The van der Waals surface area contributed by atoms with E-state index in [0.29, 0.717) is 12.0 Å². The minimum atomic E-state index is -4.26. The maximum Gasteiger partial charge on any atom is 0.416 e. The molecule has 0 bridgehead atoms. The zero-order chi connectivity index (χ0) is 15.3. The van der Waals surface area contributed by atoms with Gasteiger partial charge in [0.25, 0.3) is 0 Å². The largest absolute Gasteiger partial charge is 0.416 e. The van der Waals surface area contributed by atoms with E-state index in [0.717, 1.165) is 44.6 Å². The Morgan fingerprint density at radius 3 is 2.33 bits per heavy atom. The van der Waals surface area contributed by atoms with Crippen LogP contribution in [0, 0.1) is 5.92 Å². The highest BCUT2D eigenvalue weighted by Crippen LogP contribution is 2.29. The topological polar surface area (TPSA) is 21.3 Å². The standard InChI is InChI=1S/C16H22F3NO/c1-2-20-15(13-7-9-21-10-8-13)11-12-3-5-14(6-4-12)16(17,18)19/h3-6,13,15,20H,2,7-11H2,1H3. The maximum absolute atomic E-state index is 12.6. The predicted octanol–water partition coefficient (Wildman–Crippen LogP) is 3.65. The summed E-state index contributed by atoms with van der Waals surface area (Å²) < 4.78 is 43.1. The number of hydrogen-bond acceptors (Lipinski definition) is 2. The fourth-order valence-electron chi connectivity index (χ4n) is 2.87. The van der Waals surface area contributed by atoms with Crippen LogP contribution in [0.4, 0.5) is 13.2 Å². The van der Waals surface area contributed by atoms with E-state index in [9.17, 15) is 13.2 Å². The normalized spacial score (nSPS) is 18.7. The summed E-state index contributed by atoms with van der Waals surface area (Å²) in [6, 6.07) is 5.82. The van der Waals surface area contributed by atoms with Crippen molar-refractivity contribution in [1.29, 1.82) is 0 Å². The quantitative estimate of drug-likeness (QED) is 0.896. The number of nitrogens with one attached hydrogen (secondary N) is 1. The van der Waals surface area contributed by atoms with Crippen LogP contribution < -0.4 is 5.32 Å². The predicted molar refractivity (Wildman–Crippen MR) is 76.2 cm³/mol. The fourth-order valence-corrected chi connectivity index (χ4v) is 2.87. The van der Waals surface area contributed by atoms with E-state index in [1.165, 1.54) is 12.1 Å². The molecule has 1 aliphatic heterocycles. The van der Waals surface area contributed by atoms with Gasteiger partial charge in [0.2, 0.25) is 0 Å². The number of hydrogen-bond donors (Lipinski definition) is 1. The molecular formula is C16H22F3NO. The van der Waals surface area contributed by atoms with Crippen molar-refractivity contribution in [2.45, 2.75) is 38.4 Å². The number of halogens is 3. The summed E-state index contributed by atoms with van der Waals surface area (Å²) in [5.41, 5.74) is 0.359. The van der Waals surface area contributed by atoms with Crippen LogP contribution in [0.1, 0.15) is 30.9 Å². The van der Waals surface area contributed by atoms with E-state index >= 15 is 0 Å². The molecule has 2 rings (SSSR count). The van der Waals surface area contributed by atoms with Crippen LogP contribution >= 0.6 is 0 Å². The van der Waals surface area contributed by atoms with E-state index in [2.05, 4.69) is 12.2 Å². The first-order valence-electron chi connectivity index (χ1n) is 7.48. The second-order valence-electron chi connectivity index (χ2n) is 5.51. The molecule has 1 atom stereocenters. The molecule has 1 fully saturated rings. The van der Waals surface area contributed by atoms with Crippen molar-refractivity contribution in [3.05, 3.63) is 35.4 Å². The average molecular weight is 301 g/mol. The molecule has 1 N–H and O–H groups in total. The van der Waals surface area contributed by atoms with Crippen LogP contribution in [0.5, 0.6) is 0 Å². The first-order chi connectivity index (χ1) is 10.0. The van der Waals surface area contributed by atoms with Crippen LogP contribution in [0.15, 0.2) is 24.3 Å². The number of benzene rings is 1. The zero-order valence-electron chi connectivity index (χ0n) is 12.2. The molecule has 21 heavy (non-hydrogen) atoms. The summed E-state index contributed by atoms with van der Waals surface area (Å²) in [6.45, 7) is 4.47. The van der Waals surface area contributed by atoms with Gasteiger partial charge in [0, 0.05) is 19.3 Å². The summed E-state index contributed by atoms with van der Waals surface area (Å²) in [7, 11) is 0. The lowest BCUT2D eigenvalue weighted by atomic mass is 9.87. The Balaban J connectivity index is 2.02. The van der Waals surface area contributed by atoms with Gasteiger partial charge in [-0.25, -0.2) is 0 Å². The van der Waals surface area contributed by atoms with Crippen molar-refractivity contribution < 1.29 is 17.9 Å². The van der Waals surface area contributed by atoms with E-state index in [4.69, 9.17) is 4.74 Å². The monoisotopic (exact) mass is 301 g/mol. The third-order valence-electron chi connectivity index (χ3n) is 4.04. The van der Waals surface area contributed by atoms with Crippen molar-refractivity contribution in [2.24, 2.45) is 5.92 Å². The van der Waals surface area contributed by atoms with Crippen LogP contribution in [-0.2, 0) is 17.3 Å². The van der Waals surface area contributed by atoms with Crippen LogP contribution in [0.2, 0.25) is 0 Å². The molecule has 118 valence electrons.